The van der Waals surface area contributed by atoms with Crippen LogP contribution in [0, 0.1) is 0 Å². The van der Waals surface area contributed by atoms with Crippen LogP contribution in [0.4, 0.5) is 0 Å². The van der Waals surface area contributed by atoms with Crippen LogP contribution in [0.1, 0.15) is 12.8 Å². The van der Waals surface area contributed by atoms with Crippen LogP contribution in [0.3, 0.4) is 0 Å². The van der Waals surface area contributed by atoms with E-state index in [-0.39, 0.29) is 18.6 Å². The molecule has 1 heterocycles. The summed E-state index contributed by atoms with van der Waals surface area (Å²) in [6.07, 6.45) is 1.87. The monoisotopic (exact) mass is 231 g/mol. The van der Waals surface area contributed by atoms with Crippen molar-refractivity contribution in [3.8, 4) is 0 Å². The van der Waals surface area contributed by atoms with E-state index < -0.39 is 12.6 Å². The van der Waals surface area contributed by atoms with E-state index in [1.54, 1.807) is 12.0 Å². The minimum absolute atomic E-state index is 0.157. The lowest BCUT2D eigenvalue weighted by molar-refractivity contribution is -0.146. The molecule has 0 radical (unpaired) electrons. The zero-order chi connectivity index (χ0) is 12.0. The molecule has 0 atom stereocenters. The second kappa shape index (κ2) is 6.44. The van der Waals surface area contributed by atoms with Gasteiger partial charge in [0.1, 0.15) is 13.2 Å². The van der Waals surface area contributed by atoms with Crippen molar-refractivity contribution in [3.63, 3.8) is 0 Å². The highest BCUT2D eigenvalue weighted by Crippen LogP contribution is 2.12. The Morgan fingerprint density at radius 2 is 1.94 bits per heavy atom. The van der Waals surface area contributed by atoms with Gasteiger partial charge < -0.3 is 19.5 Å². The van der Waals surface area contributed by atoms with Crippen LogP contribution >= 0.6 is 0 Å². The fourth-order valence-electron chi connectivity index (χ4n) is 1.66. The van der Waals surface area contributed by atoms with Gasteiger partial charge in [-0.15, -0.1) is 0 Å². The maximum Gasteiger partial charge on any atom is 0.329 e. The van der Waals surface area contributed by atoms with Crippen LogP contribution in [0.2, 0.25) is 0 Å². The molecule has 1 saturated heterocycles. The molecule has 0 bridgehead atoms. The van der Waals surface area contributed by atoms with Gasteiger partial charge in [0, 0.05) is 20.2 Å². The molecule has 0 saturated carbocycles. The summed E-state index contributed by atoms with van der Waals surface area (Å²) in [5.41, 5.74) is 0. The van der Waals surface area contributed by atoms with Gasteiger partial charge in [0.2, 0.25) is 5.91 Å². The topological polar surface area (TPSA) is 76.1 Å². The molecule has 1 N–H and O–H groups in total. The number of aliphatic carboxylic acids is 1. The minimum Gasteiger partial charge on any atom is -0.480 e. The maximum absolute atomic E-state index is 11.5. The van der Waals surface area contributed by atoms with Gasteiger partial charge in [-0.05, 0) is 12.8 Å². The zero-order valence-electron chi connectivity index (χ0n) is 9.35. The van der Waals surface area contributed by atoms with Gasteiger partial charge >= 0.3 is 5.97 Å². The Morgan fingerprint density at radius 1 is 1.31 bits per heavy atom. The number of methoxy groups -OCH3 is 1. The molecule has 1 aliphatic heterocycles. The highest BCUT2D eigenvalue weighted by atomic mass is 16.5. The van der Waals surface area contributed by atoms with Crippen molar-refractivity contribution >= 4 is 11.9 Å². The molecule has 16 heavy (non-hydrogen) atoms. The third kappa shape index (κ3) is 4.16. The second-order valence-electron chi connectivity index (χ2n) is 3.70. The molecule has 0 aromatic rings. The molecule has 1 aliphatic rings. The smallest absolute Gasteiger partial charge is 0.329 e. The predicted octanol–water partition coefficient (Wildman–Crippen LogP) is -0.275. The number of piperidine rings is 1. The van der Waals surface area contributed by atoms with Gasteiger partial charge in [-0.2, -0.15) is 0 Å². The van der Waals surface area contributed by atoms with Gasteiger partial charge in [-0.3, -0.25) is 4.79 Å². The summed E-state index contributed by atoms with van der Waals surface area (Å²) in [6, 6.07) is 0. The average molecular weight is 231 g/mol. The maximum atomic E-state index is 11.5. The van der Waals surface area contributed by atoms with Gasteiger partial charge in [0.25, 0.3) is 0 Å². The highest BCUT2D eigenvalue weighted by Gasteiger charge is 2.22. The molecule has 0 aromatic carbocycles. The fourth-order valence-corrected chi connectivity index (χ4v) is 1.66. The molecule has 92 valence electrons. The van der Waals surface area contributed by atoms with E-state index >= 15 is 0 Å². The molecule has 0 aliphatic carbocycles. The molecule has 0 spiro atoms. The van der Waals surface area contributed by atoms with Crippen LogP contribution in [0.15, 0.2) is 0 Å². The summed E-state index contributed by atoms with van der Waals surface area (Å²) in [5.74, 6) is -1.22. The number of carboxylic acid groups (broad SMARTS) is 1. The number of amides is 1. The summed E-state index contributed by atoms with van der Waals surface area (Å²) in [7, 11) is 1.66. The Labute approximate surface area is 94.1 Å². The molecule has 1 amide bonds. The van der Waals surface area contributed by atoms with Crippen molar-refractivity contribution in [1.29, 1.82) is 0 Å². The van der Waals surface area contributed by atoms with Gasteiger partial charge in [-0.25, -0.2) is 4.79 Å². The van der Waals surface area contributed by atoms with Crippen LogP contribution in [0.25, 0.3) is 0 Å². The first-order valence-corrected chi connectivity index (χ1v) is 5.23. The Balaban J connectivity index is 2.20. The first kappa shape index (κ1) is 12.9. The van der Waals surface area contributed by atoms with E-state index in [0.29, 0.717) is 13.1 Å². The lowest BCUT2D eigenvalue weighted by atomic mass is 10.1. The molecular weight excluding hydrogens is 214 g/mol. The van der Waals surface area contributed by atoms with Gasteiger partial charge in [-0.1, -0.05) is 0 Å². The Hall–Kier alpha value is -1.14. The zero-order valence-corrected chi connectivity index (χ0v) is 9.35. The Bertz CT molecular complexity index is 248. The average Bonchev–Trinajstić information content (AvgIpc) is 2.28. The first-order valence-electron chi connectivity index (χ1n) is 5.23. The summed E-state index contributed by atoms with van der Waals surface area (Å²) in [5, 5.41) is 8.34. The predicted molar refractivity (Wildman–Crippen MR) is 55.1 cm³/mol. The number of carbonyl (C=O) groups excluding carboxylic acids is 1. The summed E-state index contributed by atoms with van der Waals surface area (Å²) in [4.78, 5) is 23.4. The van der Waals surface area contributed by atoms with Crippen LogP contribution in [-0.4, -0.2) is 61.4 Å². The largest absolute Gasteiger partial charge is 0.480 e. The van der Waals surface area contributed by atoms with Crippen molar-refractivity contribution in [2.45, 2.75) is 18.9 Å². The van der Waals surface area contributed by atoms with E-state index in [0.717, 1.165) is 12.8 Å². The standard InChI is InChI=1S/C10H17NO5/c1-15-8-2-4-11(5-3-8)9(12)6-16-7-10(13)14/h8H,2-7H2,1H3,(H,13,14). The van der Waals surface area contributed by atoms with Gasteiger partial charge in [0.15, 0.2) is 0 Å². The number of carboxylic acids is 1. The Kier molecular flexibility index (Phi) is 5.21. The second-order valence-corrected chi connectivity index (χ2v) is 3.70. The van der Waals surface area contributed by atoms with Crippen molar-refractivity contribution < 1.29 is 24.2 Å². The van der Waals surface area contributed by atoms with Crippen molar-refractivity contribution in [2.24, 2.45) is 0 Å². The van der Waals surface area contributed by atoms with Gasteiger partial charge in [0.05, 0.1) is 6.10 Å². The summed E-state index contributed by atoms with van der Waals surface area (Å²) in [6.45, 7) is 0.700. The van der Waals surface area contributed by atoms with E-state index in [2.05, 4.69) is 0 Å². The molecule has 1 fully saturated rings. The van der Waals surface area contributed by atoms with Crippen molar-refractivity contribution in [2.75, 3.05) is 33.4 Å². The summed E-state index contributed by atoms with van der Waals surface area (Å²) >= 11 is 0. The third-order valence-electron chi connectivity index (χ3n) is 2.58. The SMILES string of the molecule is COC1CCN(C(=O)COCC(=O)O)CC1. The molecule has 6 nitrogen and oxygen atoms in total. The summed E-state index contributed by atoms with van der Waals surface area (Å²) < 4.78 is 9.93. The molecular formula is C10H17NO5. The normalized spacial score (nSPS) is 17.4. The first-order chi connectivity index (χ1) is 7.63. The highest BCUT2D eigenvalue weighted by molar-refractivity contribution is 5.78. The number of rotatable bonds is 5. The Morgan fingerprint density at radius 3 is 2.44 bits per heavy atom. The van der Waals surface area contributed by atoms with Crippen LogP contribution in [-0.2, 0) is 19.1 Å². The number of hydrogen-bond donors (Lipinski definition) is 1. The lowest BCUT2D eigenvalue weighted by Crippen LogP contribution is -2.42. The van der Waals surface area contributed by atoms with Crippen molar-refractivity contribution in [1.82, 2.24) is 4.90 Å². The number of nitrogens with zero attached hydrogens (tertiary/aromatic N) is 1. The molecule has 0 unspecified atom stereocenters. The van der Waals surface area contributed by atoms with E-state index in [4.69, 9.17) is 14.6 Å². The van der Waals surface area contributed by atoms with E-state index in [9.17, 15) is 9.59 Å². The number of ether oxygens (including phenoxy) is 2. The van der Waals surface area contributed by atoms with Crippen LogP contribution in [0.5, 0.6) is 0 Å². The molecule has 6 heteroatoms. The van der Waals surface area contributed by atoms with Crippen LogP contribution < -0.4 is 0 Å². The number of carbonyl (C=O) groups is 2. The number of likely N-dealkylation sites (tertiary alicyclic amines) is 1. The van der Waals surface area contributed by atoms with Crippen molar-refractivity contribution in [3.05, 3.63) is 0 Å². The lowest BCUT2D eigenvalue weighted by Gasteiger charge is -2.31. The number of hydrogen-bond acceptors (Lipinski definition) is 4. The minimum atomic E-state index is -1.06. The van der Waals surface area contributed by atoms with E-state index in [1.807, 2.05) is 0 Å². The molecule has 0 aromatic heterocycles. The third-order valence-corrected chi connectivity index (χ3v) is 2.58. The molecule has 1 rings (SSSR count). The van der Waals surface area contributed by atoms with E-state index in [1.165, 1.54) is 0 Å². The fraction of sp³-hybridized carbons (Fsp3) is 0.800. The quantitative estimate of drug-likeness (QED) is 0.704.